The molecule has 2 aromatic heterocycles. The van der Waals surface area contributed by atoms with Crippen LogP contribution in [0.3, 0.4) is 0 Å². The van der Waals surface area contributed by atoms with E-state index in [1.165, 1.54) is 0 Å². The van der Waals surface area contributed by atoms with Crippen molar-refractivity contribution in [2.24, 2.45) is 0 Å². The van der Waals surface area contributed by atoms with Crippen LogP contribution < -0.4 is 4.74 Å². The molecule has 0 saturated carbocycles. The molecule has 0 spiro atoms. The molecule has 0 amide bonds. The smallest absolute Gasteiger partial charge is 0.222 e. The van der Waals surface area contributed by atoms with Crippen molar-refractivity contribution in [1.82, 2.24) is 9.97 Å². The van der Waals surface area contributed by atoms with Gasteiger partial charge in [0.05, 0.1) is 18.0 Å². The summed E-state index contributed by atoms with van der Waals surface area (Å²) < 4.78 is 5.14. The van der Waals surface area contributed by atoms with Crippen LogP contribution in [0.15, 0.2) is 18.5 Å². The zero-order valence-corrected chi connectivity index (χ0v) is 7.09. The number of aromatic nitrogens is 2. The van der Waals surface area contributed by atoms with Crippen LogP contribution >= 0.6 is 0 Å². The zero-order chi connectivity index (χ0) is 8.55. The average molecular weight is 162 g/mol. The van der Waals surface area contributed by atoms with Gasteiger partial charge in [0, 0.05) is 12.4 Å². The Kier molecular flexibility index (Phi) is 1.50. The maximum atomic E-state index is 5.14. The highest BCUT2D eigenvalue weighted by Crippen LogP contribution is 2.24. The van der Waals surface area contributed by atoms with Crippen LogP contribution in [0.5, 0.6) is 5.88 Å². The third-order valence-corrected chi connectivity index (χ3v) is 1.95. The predicted octanol–water partition coefficient (Wildman–Crippen LogP) is 1.88. The molecule has 0 radical (unpaired) electrons. The van der Waals surface area contributed by atoms with Gasteiger partial charge in [0.25, 0.3) is 0 Å². The lowest BCUT2D eigenvalue weighted by atomic mass is 10.2. The van der Waals surface area contributed by atoms with Crippen molar-refractivity contribution >= 4 is 10.9 Å². The first kappa shape index (κ1) is 7.16. The molecule has 0 aliphatic carbocycles. The van der Waals surface area contributed by atoms with Gasteiger partial charge in [-0.25, -0.2) is 4.98 Å². The Morgan fingerprint density at radius 2 is 2.33 bits per heavy atom. The maximum Gasteiger partial charge on any atom is 0.222 e. The minimum absolute atomic E-state index is 0.686. The molecule has 0 aliphatic rings. The SMILES string of the molecule is COc1nccc2[nH]cc(C)c12. The lowest BCUT2D eigenvalue weighted by molar-refractivity contribution is 0.403. The van der Waals surface area contributed by atoms with Crippen LogP contribution in [-0.2, 0) is 0 Å². The Morgan fingerprint density at radius 1 is 1.50 bits per heavy atom. The van der Waals surface area contributed by atoms with Gasteiger partial charge < -0.3 is 9.72 Å². The molecule has 3 nitrogen and oxygen atoms in total. The van der Waals surface area contributed by atoms with Gasteiger partial charge in [-0.05, 0) is 18.6 Å². The van der Waals surface area contributed by atoms with Crippen molar-refractivity contribution in [2.45, 2.75) is 6.92 Å². The summed E-state index contributed by atoms with van der Waals surface area (Å²) in [7, 11) is 1.63. The number of methoxy groups -OCH3 is 1. The molecule has 0 bridgehead atoms. The predicted molar refractivity (Wildman–Crippen MR) is 47.4 cm³/mol. The van der Waals surface area contributed by atoms with E-state index in [9.17, 15) is 0 Å². The maximum absolute atomic E-state index is 5.14. The van der Waals surface area contributed by atoms with Gasteiger partial charge in [-0.3, -0.25) is 0 Å². The lowest BCUT2D eigenvalue weighted by Crippen LogP contribution is -1.87. The molecule has 3 heteroatoms. The summed E-state index contributed by atoms with van der Waals surface area (Å²) in [5.74, 6) is 0.686. The number of hydrogen-bond acceptors (Lipinski definition) is 2. The molecule has 0 aromatic carbocycles. The second-order valence-corrected chi connectivity index (χ2v) is 2.71. The minimum atomic E-state index is 0.686. The van der Waals surface area contributed by atoms with Crippen LogP contribution in [-0.4, -0.2) is 17.1 Å². The van der Waals surface area contributed by atoms with E-state index in [1.54, 1.807) is 13.3 Å². The van der Waals surface area contributed by atoms with Gasteiger partial charge in [-0.2, -0.15) is 0 Å². The number of hydrogen-bond donors (Lipinski definition) is 1. The molecular weight excluding hydrogens is 152 g/mol. The Labute approximate surface area is 70.4 Å². The summed E-state index contributed by atoms with van der Waals surface area (Å²) in [4.78, 5) is 7.26. The highest BCUT2D eigenvalue weighted by molar-refractivity contribution is 5.87. The molecule has 0 unspecified atom stereocenters. The third kappa shape index (κ3) is 0.863. The van der Waals surface area contributed by atoms with E-state index in [4.69, 9.17) is 4.74 Å². The Hall–Kier alpha value is -1.51. The number of nitrogens with zero attached hydrogens (tertiary/aromatic N) is 1. The van der Waals surface area contributed by atoms with E-state index in [-0.39, 0.29) is 0 Å². The molecule has 0 aliphatic heterocycles. The molecule has 2 aromatic rings. The lowest BCUT2D eigenvalue weighted by Gasteiger charge is -1.99. The van der Waals surface area contributed by atoms with E-state index < -0.39 is 0 Å². The van der Waals surface area contributed by atoms with Crippen molar-refractivity contribution in [3.8, 4) is 5.88 Å². The van der Waals surface area contributed by atoms with E-state index in [2.05, 4.69) is 9.97 Å². The minimum Gasteiger partial charge on any atom is -0.480 e. The fourth-order valence-electron chi connectivity index (χ4n) is 1.36. The molecule has 1 N–H and O–H groups in total. The van der Waals surface area contributed by atoms with E-state index in [1.807, 2.05) is 19.2 Å². The molecule has 0 saturated heterocycles. The van der Waals surface area contributed by atoms with Crippen LogP contribution in [0.25, 0.3) is 10.9 Å². The highest BCUT2D eigenvalue weighted by Gasteiger charge is 2.05. The van der Waals surface area contributed by atoms with Gasteiger partial charge in [0.1, 0.15) is 0 Å². The summed E-state index contributed by atoms with van der Waals surface area (Å²) in [6.07, 6.45) is 3.69. The van der Waals surface area contributed by atoms with E-state index in [0.29, 0.717) is 5.88 Å². The fraction of sp³-hybridized carbons (Fsp3) is 0.222. The number of H-pyrrole nitrogens is 1. The van der Waals surface area contributed by atoms with Gasteiger partial charge >= 0.3 is 0 Å². The molecule has 0 fully saturated rings. The average Bonchev–Trinajstić information content (AvgIpc) is 2.48. The highest BCUT2D eigenvalue weighted by atomic mass is 16.5. The number of rotatable bonds is 1. The molecule has 2 heterocycles. The standard InChI is InChI=1S/C9H10N2O/c1-6-5-11-7-3-4-10-9(12-2)8(6)7/h3-5,11H,1-2H3. The van der Waals surface area contributed by atoms with Gasteiger partial charge in [0.2, 0.25) is 5.88 Å². The first-order valence-electron chi connectivity index (χ1n) is 3.79. The van der Waals surface area contributed by atoms with Crippen molar-refractivity contribution in [3.05, 3.63) is 24.0 Å². The van der Waals surface area contributed by atoms with Crippen LogP contribution in [0, 0.1) is 6.92 Å². The van der Waals surface area contributed by atoms with Gasteiger partial charge in [0.15, 0.2) is 0 Å². The largest absolute Gasteiger partial charge is 0.480 e. The topological polar surface area (TPSA) is 37.9 Å². The van der Waals surface area contributed by atoms with Crippen molar-refractivity contribution in [3.63, 3.8) is 0 Å². The normalized spacial score (nSPS) is 10.5. The number of ether oxygens (including phenoxy) is 1. The number of aromatic amines is 1. The molecule has 2 rings (SSSR count). The summed E-state index contributed by atoms with van der Waals surface area (Å²) in [5.41, 5.74) is 2.23. The summed E-state index contributed by atoms with van der Waals surface area (Å²) in [6, 6.07) is 1.94. The Bertz CT molecular complexity index is 406. The third-order valence-electron chi connectivity index (χ3n) is 1.95. The monoisotopic (exact) mass is 162 g/mol. The van der Waals surface area contributed by atoms with Crippen molar-refractivity contribution < 1.29 is 4.74 Å². The molecule has 0 atom stereocenters. The molecular formula is C9H10N2O. The Morgan fingerprint density at radius 3 is 3.08 bits per heavy atom. The van der Waals surface area contributed by atoms with Crippen LogP contribution in [0.4, 0.5) is 0 Å². The van der Waals surface area contributed by atoms with Crippen LogP contribution in [0.1, 0.15) is 5.56 Å². The van der Waals surface area contributed by atoms with E-state index in [0.717, 1.165) is 16.5 Å². The first-order chi connectivity index (χ1) is 5.83. The second-order valence-electron chi connectivity index (χ2n) is 2.71. The zero-order valence-electron chi connectivity index (χ0n) is 7.09. The van der Waals surface area contributed by atoms with Gasteiger partial charge in [-0.15, -0.1) is 0 Å². The number of fused-ring (bicyclic) bond motifs is 1. The molecule has 12 heavy (non-hydrogen) atoms. The summed E-state index contributed by atoms with van der Waals surface area (Å²) >= 11 is 0. The van der Waals surface area contributed by atoms with Crippen LogP contribution in [0.2, 0.25) is 0 Å². The van der Waals surface area contributed by atoms with Crippen molar-refractivity contribution in [2.75, 3.05) is 7.11 Å². The number of pyridine rings is 1. The fourth-order valence-corrected chi connectivity index (χ4v) is 1.36. The summed E-state index contributed by atoms with van der Waals surface area (Å²) in [5, 5.41) is 1.07. The van der Waals surface area contributed by atoms with Crippen molar-refractivity contribution in [1.29, 1.82) is 0 Å². The Balaban J connectivity index is 2.84. The quantitative estimate of drug-likeness (QED) is 0.695. The molecule has 62 valence electrons. The van der Waals surface area contributed by atoms with E-state index >= 15 is 0 Å². The first-order valence-corrected chi connectivity index (χ1v) is 3.79. The number of aryl methyl sites for hydroxylation is 1. The second kappa shape index (κ2) is 2.52. The van der Waals surface area contributed by atoms with Gasteiger partial charge in [-0.1, -0.05) is 0 Å². The number of nitrogens with one attached hydrogen (secondary N) is 1. The summed E-state index contributed by atoms with van der Waals surface area (Å²) in [6.45, 7) is 2.03.